The van der Waals surface area contributed by atoms with Gasteiger partial charge in [-0.15, -0.1) is 0 Å². The predicted molar refractivity (Wildman–Crippen MR) is 43.1 cm³/mol. The molecule has 0 aliphatic carbocycles. The van der Waals surface area contributed by atoms with E-state index in [9.17, 15) is 18.0 Å². The first-order valence-corrected chi connectivity index (χ1v) is 4.27. The normalized spacial score (nSPS) is 23.4. The van der Waals surface area contributed by atoms with E-state index in [0.717, 1.165) is 4.90 Å². The molecule has 1 heterocycles. The van der Waals surface area contributed by atoms with Gasteiger partial charge in [0.25, 0.3) is 0 Å². The average molecular weight is 211 g/mol. The van der Waals surface area contributed by atoms with Crippen molar-refractivity contribution in [3.05, 3.63) is 0 Å². The van der Waals surface area contributed by atoms with Gasteiger partial charge in [0, 0.05) is 13.1 Å². The highest BCUT2D eigenvalue weighted by atomic mass is 19.4. The first-order valence-electron chi connectivity index (χ1n) is 4.27. The van der Waals surface area contributed by atoms with E-state index < -0.39 is 18.1 Å². The van der Waals surface area contributed by atoms with E-state index in [-0.39, 0.29) is 13.0 Å². The number of carbonyl (C=O) groups excluding carboxylic acids is 1. The monoisotopic (exact) mass is 211 g/mol. The summed E-state index contributed by atoms with van der Waals surface area (Å²) >= 11 is 0. The number of amides is 2. The number of hydrazine groups is 1. The number of rotatable bonds is 0. The highest BCUT2D eigenvalue weighted by Gasteiger charge is 2.42. The van der Waals surface area contributed by atoms with Crippen LogP contribution in [0.5, 0.6) is 0 Å². The van der Waals surface area contributed by atoms with Gasteiger partial charge in [0.15, 0.2) is 0 Å². The Labute approximate surface area is 79.2 Å². The number of nitrogens with two attached hydrogens (primary N) is 1. The van der Waals surface area contributed by atoms with Crippen LogP contribution in [-0.4, -0.2) is 30.2 Å². The van der Waals surface area contributed by atoms with E-state index in [1.54, 1.807) is 0 Å². The van der Waals surface area contributed by atoms with E-state index >= 15 is 0 Å². The number of nitrogens with zero attached hydrogens (tertiary/aromatic N) is 1. The zero-order chi connectivity index (χ0) is 10.8. The Morgan fingerprint density at radius 2 is 2.14 bits per heavy atom. The van der Waals surface area contributed by atoms with Crippen LogP contribution in [0.2, 0.25) is 0 Å². The standard InChI is InChI=1S/C7H12F3N3O/c8-7(9,10)5-2-1-3-13(4-5)6(14)12-11/h5H,1-4,11H2,(H,12,14). The van der Waals surface area contributed by atoms with Crippen molar-refractivity contribution in [2.24, 2.45) is 11.8 Å². The molecule has 1 atom stereocenters. The molecule has 0 aromatic rings. The number of nitrogens with one attached hydrogen (secondary N) is 1. The summed E-state index contributed by atoms with van der Waals surface area (Å²) in [6.07, 6.45) is -3.79. The highest BCUT2D eigenvalue weighted by Crippen LogP contribution is 2.32. The number of hydrogen-bond acceptors (Lipinski definition) is 2. The van der Waals surface area contributed by atoms with Crippen LogP contribution in [0.4, 0.5) is 18.0 Å². The predicted octanol–water partition coefficient (Wildman–Crippen LogP) is 0.844. The molecule has 0 spiro atoms. The molecule has 0 bridgehead atoms. The van der Waals surface area contributed by atoms with Crippen LogP contribution in [-0.2, 0) is 0 Å². The van der Waals surface area contributed by atoms with Crippen molar-refractivity contribution >= 4 is 6.03 Å². The number of carbonyl (C=O) groups is 1. The van der Waals surface area contributed by atoms with Crippen molar-refractivity contribution in [2.45, 2.75) is 19.0 Å². The molecule has 3 N–H and O–H groups in total. The lowest BCUT2D eigenvalue weighted by molar-refractivity contribution is -0.184. The lowest BCUT2D eigenvalue weighted by Gasteiger charge is -2.33. The third-order valence-electron chi connectivity index (χ3n) is 2.29. The molecule has 7 heteroatoms. The summed E-state index contributed by atoms with van der Waals surface area (Å²) in [4.78, 5) is 12.0. The van der Waals surface area contributed by atoms with Gasteiger partial charge < -0.3 is 4.90 Å². The van der Waals surface area contributed by atoms with Gasteiger partial charge in [0.05, 0.1) is 5.92 Å². The molecule has 4 nitrogen and oxygen atoms in total. The number of likely N-dealkylation sites (tertiary alicyclic amines) is 1. The molecule has 14 heavy (non-hydrogen) atoms. The van der Waals surface area contributed by atoms with Gasteiger partial charge in [-0.05, 0) is 12.8 Å². The third-order valence-corrected chi connectivity index (χ3v) is 2.29. The number of piperidine rings is 1. The van der Waals surface area contributed by atoms with Crippen LogP contribution in [0.3, 0.4) is 0 Å². The quantitative estimate of drug-likeness (QED) is 0.354. The van der Waals surface area contributed by atoms with Gasteiger partial charge in [0.2, 0.25) is 0 Å². The smallest absolute Gasteiger partial charge is 0.323 e. The molecule has 1 unspecified atom stereocenters. The maximum absolute atomic E-state index is 12.3. The zero-order valence-electron chi connectivity index (χ0n) is 7.47. The van der Waals surface area contributed by atoms with E-state index in [0.29, 0.717) is 13.0 Å². The van der Waals surface area contributed by atoms with Gasteiger partial charge >= 0.3 is 12.2 Å². The first-order chi connectivity index (χ1) is 6.45. The summed E-state index contributed by atoms with van der Waals surface area (Å²) < 4.78 is 36.9. The van der Waals surface area contributed by atoms with Crippen LogP contribution in [0.15, 0.2) is 0 Å². The first kappa shape index (κ1) is 11.1. The molecule has 0 aromatic carbocycles. The van der Waals surface area contributed by atoms with E-state index in [4.69, 9.17) is 5.84 Å². The molecule has 1 aliphatic heterocycles. The fraction of sp³-hybridized carbons (Fsp3) is 0.857. The molecule has 0 aromatic heterocycles. The summed E-state index contributed by atoms with van der Waals surface area (Å²) in [7, 11) is 0. The molecule has 0 radical (unpaired) electrons. The molecule has 1 saturated heterocycles. The third kappa shape index (κ3) is 2.50. The SMILES string of the molecule is NNC(=O)N1CCCC(C(F)(F)F)C1. The average Bonchev–Trinajstić information content (AvgIpc) is 2.15. The fourth-order valence-electron chi connectivity index (χ4n) is 1.52. The minimum atomic E-state index is -4.23. The number of alkyl halides is 3. The molecule has 1 rings (SSSR count). The second-order valence-corrected chi connectivity index (χ2v) is 3.28. The van der Waals surface area contributed by atoms with Crippen LogP contribution >= 0.6 is 0 Å². The molecule has 0 saturated carbocycles. The lowest BCUT2D eigenvalue weighted by Crippen LogP contribution is -2.50. The van der Waals surface area contributed by atoms with Crippen molar-refractivity contribution < 1.29 is 18.0 Å². The Balaban J connectivity index is 2.56. The molecule has 2 amide bonds. The summed E-state index contributed by atoms with van der Waals surface area (Å²) in [6, 6.07) is -0.654. The summed E-state index contributed by atoms with van der Waals surface area (Å²) in [5.74, 6) is 3.41. The number of urea groups is 1. The van der Waals surface area contributed by atoms with Crippen molar-refractivity contribution in [3.8, 4) is 0 Å². The minimum Gasteiger partial charge on any atom is -0.323 e. The van der Waals surface area contributed by atoms with Crippen LogP contribution in [0.25, 0.3) is 0 Å². The van der Waals surface area contributed by atoms with Crippen LogP contribution in [0.1, 0.15) is 12.8 Å². The second-order valence-electron chi connectivity index (χ2n) is 3.28. The maximum Gasteiger partial charge on any atom is 0.393 e. The Kier molecular flexibility index (Phi) is 3.20. The van der Waals surface area contributed by atoms with Crippen molar-refractivity contribution in [1.82, 2.24) is 10.3 Å². The number of halogens is 3. The minimum absolute atomic E-state index is 0.0812. The van der Waals surface area contributed by atoms with Gasteiger partial charge in [-0.25, -0.2) is 10.6 Å². The Bertz CT molecular complexity index is 219. The van der Waals surface area contributed by atoms with Gasteiger partial charge in [-0.2, -0.15) is 13.2 Å². The number of hydrogen-bond donors (Lipinski definition) is 2. The molecule has 1 aliphatic rings. The van der Waals surface area contributed by atoms with Gasteiger partial charge in [-0.3, -0.25) is 5.43 Å². The Hall–Kier alpha value is -0.980. The Morgan fingerprint density at radius 3 is 2.64 bits per heavy atom. The molecule has 1 fully saturated rings. The highest BCUT2D eigenvalue weighted by molar-refractivity contribution is 5.73. The Morgan fingerprint density at radius 1 is 1.50 bits per heavy atom. The zero-order valence-corrected chi connectivity index (χ0v) is 7.47. The van der Waals surface area contributed by atoms with Gasteiger partial charge in [-0.1, -0.05) is 0 Å². The second kappa shape index (κ2) is 4.04. The van der Waals surface area contributed by atoms with E-state index in [1.165, 1.54) is 0 Å². The maximum atomic E-state index is 12.3. The van der Waals surface area contributed by atoms with Crippen molar-refractivity contribution in [1.29, 1.82) is 0 Å². The lowest BCUT2D eigenvalue weighted by atomic mass is 9.98. The molecular weight excluding hydrogens is 199 g/mol. The molecular formula is C7H12F3N3O. The summed E-state index contributed by atoms with van der Waals surface area (Å²) in [6.45, 7) is 0.0299. The largest absolute Gasteiger partial charge is 0.393 e. The fourth-order valence-corrected chi connectivity index (χ4v) is 1.52. The van der Waals surface area contributed by atoms with E-state index in [2.05, 4.69) is 0 Å². The molecule has 82 valence electrons. The van der Waals surface area contributed by atoms with Gasteiger partial charge in [0.1, 0.15) is 0 Å². The van der Waals surface area contributed by atoms with Crippen LogP contribution in [0, 0.1) is 5.92 Å². The van der Waals surface area contributed by atoms with Crippen LogP contribution < -0.4 is 11.3 Å². The summed E-state index contributed by atoms with van der Waals surface area (Å²) in [5.41, 5.74) is 1.83. The summed E-state index contributed by atoms with van der Waals surface area (Å²) in [5, 5.41) is 0. The van der Waals surface area contributed by atoms with Crippen molar-refractivity contribution in [3.63, 3.8) is 0 Å². The topological polar surface area (TPSA) is 58.4 Å². The van der Waals surface area contributed by atoms with Crippen molar-refractivity contribution in [2.75, 3.05) is 13.1 Å². The van der Waals surface area contributed by atoms with E-state index in [1.807, 2.05) is 5.43 Å².